The van der Waals surface area contributed by atoms with E-state index in [4.69, 9.17) is 0 Å². The number of phenols is 1. The summed E-state index contributed by atoms with van der Waals surface area (Å²) in [6, 6.07) is 15.0. The van der Waals surface area contributed by atoms with Crippen LogP contribution in [0.3, 0.4) is 0 Å². The number of rotatable bonds is 3. The highest BCUT2D eigenvalue weighted by Crippen LogP contribution is 2.31. The Hall–Kier alpha value is -2.79. The number of benzene rings is 2. The number of allylic oxidation sites excluding steroid dienone is 2. The van der Waals surface area contributed by atoms with E-state index >= 15 is 0 Å². The van der Waals surface area contributed by atoms with Crippen LogP contribution >= 0.6 is 11.8 Å². The Morgan fingerprint density at radius 2 is 1.96 bits per heavy atom. The van der Waals surface area contributed by atoms with Gasteiger partial charge in [0.05, 0.1) is 4.91 Å². The number of nitrogens with zero attached hydrogens (tertiary/aromatic N) is 1. The summed E-state index contributed by atoms with van der Waals surface area (Å²) < 4.78 is 0. The molecule has 120 valence electrons. The second-order valence-corrected chi connectivity index (χ2v) is 6.30. The first-order valence-electron chi connectivity index (χ1n) is 7.43. The molecule has 1 aliphatic heterocycles. The van der Waals surface area contributed by atoms with E-state index in [0.29, 0.717) is 15.8 Å². The van der Waals surface area contributed by atoms with Crippen LogP contribution in [0.4, 0.5) is 5.69 Å². The van der Waals surface area contributed by atoms with Crippen molar-refractivity contribution in [1.82, 2.24) is 5.32 Å². The number of aromatic hydroxyl groups is 1. The normalized spacial score (nSPS) is 17.8. The fraction of sp³-hybridized carbons (Fsp3) is 0.0526. The molecule has 1 aliphatic rings. The lowest BCUT2D eigenvalue weighted by Crippen LogP contribution is -2.19. The molecule has 1 amide bonds. The predicted molar refractivity (Wildman–Crippen MR) is 99.2 cm³/mol. The third-order valence-corrected chi connectivity index (χ3v) is 4.27. The van der Waals surface area contributed by atoms with Crippen molar-refractivity contribution in [1.29, 1.82) is 0 Å². The molecule has 1 saturated heterocycles. The number of hydrogen-bond acceptors (Lipinski definition) is 4. The van der Waals surface area contributed by atoms with E-state index in [1.165, 1.54) is 11.8 Å². The van der Waals surface area contributed by atoms with Crippen molar-refractivity contribution in [3.63, 3.8) is 0 Å². The third-order valence-electron chi connectivity index (χ3n) is 3.34. The van der Waals surface area contributed by atoms with E-state index in [1.807, 2.05) is 49.4 Å². The van der Waals surface area contributed by atoms with E-state index in [2.05, 4.69) is 10.3 Å². The van der Waals surface area contributed by atoms with Crippen LogP contribution in [-0.4, -0.2) is 16.2 Å². The van der Waals surface area contributed by atoms with Crippen molar-refractivity contribution in [2.24, 2.45) is 4.99 Å². The summed E-state index contributed by atoms with van der Waals surface area (Å²) in [4.78, 5) is 16.9. The van der Waals surface area contributed by atoms with Gasteiger partial charge in [-0.05, 0) is 48.0 Å². The van der Waals surface area contributed by atoms with Gasteiger partial charge in [-0.1, -0.05) is 48.6 Å². The third kappa shape index (κ3) is 3.94. The molecule has 0 radical (unpaired) electrons. The molecular weight excluding hydrogens is 320 g/mol. The van der Waals surface area contributed by atoms with E-state index < -0.39 is 0 Å². The van der Waals surface area contributed by atoms with Crippen LogP contribution in [-0.2, 0) is 4.79 Å². The summed E-state index contributed by atoms with van der Waals surface area (Å²) in [6.45, 7) is 1.92. The van der Waals surface area contributed by atoms with Crippen LogP contribution in [0.1, 0.15) is 11.1 Å². The fourth-order valence-electron chi connectivity index (χ4n) is 2.14. The number of thioether (sulfide) groups is 1. The largest absolute Gasteiger partial charge is 0.506 e. The fourth-order valence-corrected chi connectivity index (χ4v) is 2.92. The van der Waals surface area contributed by atoms with Crippen LogP contribution in [0.2, 0.25) is 0 Å². The van der Waals surface area contributed by atoms with E-state index in [-0.39, 0.29) is 11.7 Å². The number of carbonyl (C=O) groups excluding carboxylic acids is 1. The number of phenolic OH excluding ortho intramolecular Hbond substituents is 1. The molecule has 5 heteroatoms. The lowest BCUT2D eigenvalue weighted by molar-refractivity contribution is -0.115. The summed E-state index contributed by atoms with van der Waals surface area (Å²) in [5, 5.41) is 13.0. The highest BCUT2D eigenvalue weighted by atomic mass is 32.2. The topological polar surface area (TPSA) is 61.7 Å². The van der Waals surface area contributed by atoms with Gasteiger partial charge in [0, 0.05) is 0 Å². The highest BCUT2D eigenvalue weighted by Gasteiger charge is 2.23. The molecule has 0 aromatic heterocycles. The first kappa shape index (κ1) is 16.1. The lowest BCUT2D eigenvalue weighted by Gasteiger charge is -2.01. The Morgan fingerprint density at radius 3 is 2.75 bits per heavy atom. The number of amides is 1. The van der Waals surface area contributed by atoms with Gasteiger partial charge in [0.15, 0.2) is 5.17 Å². The molecule has 1 heterocycles. The van der Waals surface area contributed by atoms with Crippen LogP contribution in [0.5, 0.6) is 5.75 Å². The molecule has 2 N–H and O–H groups in total. The molecular formula is C19H16N2O2S. The second kappa shape index (κ2) is 7.19. The average Bonchev–Trinajstić information content (AvgIpc) is 2.92. The summed E-state index contributed by atoms with van der Waals surface area (Å²) in [7, 11) is 0. The molecule has 1 fully saturated rings. The predicted octanol–water partition coefficient (Wildman–Crippen LogP) is 4.15. The molecule has 0 unspecified atom stereocenters. The molecule has 0 atom stereocenters. The summed E-state index contributed by atoms with van der Waals surface area (Å²) in [5.74, 6) is -0.104. The van der Waals surface area contributed by atoms with Crippen molar-refractivity contribution in [2.75, 3.05) is 0 Å². The van der Waals surface area contributed by atoms with Gasteiger partial charge < -0.3 is 10.4 Å². The number of aryl methyl sites for hydroxylation is 1. The summed E-state index contributed by atoms with van der Waals surface area (Å²) in [6.07, 6.45) is 5.53. The van der Waals surface area contributed by atoms with Gasteiger partial charge in [0.25, 0.3) is 5.91 Å². The number of hydrogen-bond donors (Lipinski definition) is 2. The lowest BCUT2D eigenvalue weighted by atomic mass is 10.2. The van der Waals surface area contributed by atoms with E-state index in [0.717, 1.165) is 11.1 Å². The maximum atomic E-state index is 12.0. The zero-order valence-electron chi connectivity index (χ0n) is 13.1. The molecule has 3 rings (SSSR count). The van der Waals surface area contributed by atoms with Gasteiger partial charge in [-0.3, -0.25) is 4.79 Å². The Bertz CT molecular complexity index is 855. The molecule has 0 bridgehead atoms. The van der Waals surface area contributed by atoms with Gasteiger partial charge >= 0.3 is 0 Å². The van der Waals surface area contributed by atoms with Crippen molar-refractivity contribution in [3.05, 3.63) is 76.7 Å². The first-order chi connectivity index (χ1) is 11.6. The first-order valence-corrected chi connectivity index (χ1v) is 8.24. The maximum Gasteiger partial charge on any atom is 0.264 e. The van der Waals surface area contributed by atoms with Gasteiger partial charge in [0.2, 0.25) is 0 Å². The Kier molecular flexibility index (Phi) is 4.82. The van der Waals surface area contributed by atoms with Crippen LogP contribution in [0.25, 0.3) is 6.08 Å². The molecule has 2 aromatic carbocycles. The zero-order valence-corrected chi connectivity index (χ0v) is 13.9. The van der Waals surface area contributed by atoms with Crippen molar-refractivity contribution < 1.29 is 9.90 Å². The number of aliphatic imine (C=N–C) groups is 1. The Labute approximate surface area is 144 Å². The number of amidine groups is 1. The standard InChI is InChI=1S/C19H16N2O2S/c1-13-10-11-16(22)15(12-13)20-19-21-18(23)17(24-19)9-5-8-14-6-3-2-4-7-14/h2-12,22H,1H3,(H,20,21,23)/b8-5+,17-9-. The Morgan fingerprint density at radius 1 is 1.17 bits per heavy atom. The van der Waals surface area contributed by atoms with Gasteiger partial charge in [-0.15, -0.1) is 0 Å². The molecule has 24 heavy (non-hydrogen) atoms. The van der Waals surface area contributed by atoms with Crippen LogP contribution < -0.4 is 5.32 Å². The second-order valence-electron chi connectivity index (χ2n) is 5.27. The minimum Gasteiger partial charge on any atom is -0.506 e. The van der Waals surface area contributed by atoms with E-state index in [9.17, 15) is 9.90 Å². The van der Waals surface area contributed by atoms with Crippen LogP contribution in [0, 0.1) is 6.92 Å². The summed E-state index contributed by atoms with van der Waals surface area (Å²) in [5.41, 5.74) is 2.50. The zero-order chi connectivity index (χ0) is 16.9. The van der Waals surface area contributed by atoms with Crippen molar-refractivity contribution >= 4 is 34.6 Å². The molecule has 0 aliphatic carbocycles. The van der Waals surface area contributed by atoms with Gasteiger partial charge in [-0.25, -0.2) is 4.99 Å². The van der Waals surface area contributed by atoms with Gasteiger partial charge in [-0.2, -0.15) is 0 Å². The number of nitrogens with one attached hydrogen (secondary N) is 1. The SMILES string of the molecule is Cc1ccc(O)c(N=C2NC(=O)/C(=C/C=C/c3ccccc3)S2)c1. The maximum absolute atomic E-state index is 12.0. The van der Waals surface area contributed by atoms with Crippen LogP contribution in [0.15, 0.2) is 70.6 Å². The van der Waals surface area contributed by atoms with Gasteiger partial charge in [0.1, 0.15) is 11.4 Å². The highest BCUT2D eigenvalue weighted by molar-refractivity contribution is 8.18. The molecule has 0 spiro atoms. The quantitative estimate of drug-likeness (QED) is 0.828. The minimum atomic E-state index is -0.191. The van der Waals surface area contributed by atoms with Crippen molar-refractivity contribution in [3.8, 4) is 5.75 Å². The number of carbonyl (C=O) groups is 1. The van der Waals surface area contributed by atoms with Crippen molar-refractivity contribution in [2.45, 2.75) is 6.92 Å². The monoisotopic (exact) mass is 336 g/mol. The summed E-state index contributed by atoms with van der Waals surface area (Å²) >= 11 is 1.25. The molecule has 2 aromatic rings. The van der Waals surface area contributed by atoms with E-state index in [1.54, 1.807) is 24.3 Å². The molecule has 0 saturated carbocycles. The smallest absolute Gasteiger partial charge is 0.264 e. The average molecular weight is 336 g/mol. The Balaban J connectivity index is 1.76. The molecule has 4 nitrogen and oxygen atoms in total. The minimum absolute atomic E-state index is 0.0874.